The molecular formula is C17H21N5O2S. The Bertz CT molecular complexity index is 782. The van der Waals surface area contributed by atoms with Gasteiger partial charge < -0.3 is 20.4 Å². The number of likely N-dealkylation sites (tertiary alicyclic amines) is 1. The summed E-state index contributed by atoms with van der Waals surface area (Å²) >= 11 is 5.21. The number of rotatable bonds is 5. The van der Waals surface area contributed by atoms with Gasteiger partial charge in [-0.1, -0.05) is 12.2 Å². The van der Waals surface area contributed by atoms with Gasteiger partial charge in [0.1, 0.15) is 16.5 Å². The molecule has 1 aromatic rings. The number of nitrogens with one attached hydrogen (secondary N) is 1. The number of aromatic nitrogens is 1. The van der Waals surface area contributed by atoms with Crippen molar-refractivity contribution in [3.05, 3.63) is 27.2 Å². The molecule has 25 heavy (non-hydrogen) atoms. The largest absolute Gasteiger partial charge is 0.466 e. The van der Waals surface area contributed by atoms with Crippen LogP contribution in [0.4, 0.5) is 11.5 Å². The van der Waals surface area contributed by atoms with E-state index in [0.717, 1.165) is 38.9 Å². The van der Waals surface area contributed by atoms with Crippen LogP contribution in [0, 0.1) is 22.5 Å². The van der Waals surface area contributed by atoms with Gasteiger partial charge in [0.2, 0.25) is 5.69 Å². The van der Waals surface area contributed by atoms with Crippen molar-refractivity contribution in [1.29, 1.82) is 5.26 Å². The van der Waals surface area contributed by atoms with Gasteiger partial charge in [-0.25, -0.2) is 4.85 Å². The highest BCUT2D eigenvalue weighted by molar-refractivity contribution is 7.71. The van der Waals surface area contributed by atoms with E-state index < -0.39 is 0 Å². The number of esters is 1. The third kappa shape index (κ3) is 4.56. The molecule has 1 saturated heterocycles. The lowest BCUT2D eigenvalue weighted by atomic mass is 9.86. The quantitative estimate of drug-likeness (QED) is 0.363. The summed E-state index contributed by atoms with van der Waals surface area (Å²) in [6.07, 6.45) is 2.47. The summed E-state index contributed by atoms with van der Waals surface area (Å²) in [5.74, 6) is 0.0764. The number of piperidine rings is 1. The molecule has 0 atom stereocenters. The molecule has 0 aromatic carbocycles. The van der Waals surface area contributed by atoms with Gasteiger partial charge in [0, 0.05) is 13.5 Å². The summed E-state index contributed by atoms with van der Waals surface area (Å²) in [6, 6.07) is 2.13. The van der Waals surface area contributed by atoms with Crippen LogP contribution in [-0.4, -0.2) is 42.1 Å². The molecule has 7 nitrogen and oxygen atoms in total. The first-order valence-electron chi connectivity index (χ1n) is 8.16. The van der Waals surface area contributed by atoms with E-state index in [1.54, 1.807) is 0 Å². The molecule has 3 N–H and O–H groups in total. The van der Waals surface area contributed by atoms with Gasteiger partial charge in [-0.2, -0.15) is 5.26 Å². The third-order valence-corrected chi connectivity index (χ3v) is 4.70. The first-order chi connectivity index (χ1) is 12.0. The van der Waals surface area contributed by atoms with Gasteiger partial charge in [-0.05, 0) is 43.8 Å². The van der Waals surface area contributed by atoms with Crippen LogP contribution in [0.5, 0.6) is 0 Å². The van der Waals surface area contributed by atoms with E-state index in [2.05, 4.69) is 20.8 Å². The molecule has 1 aromatic heterocycles. The summed E-state index contributed by atoms with van der Waals surface area (Å²) in [7, 11) is 0. The topological polar surface area (TPSA) is 99.5 Å². The first kappa shape index (κ1) is 18.9. The number of carbonyl (C=O) groups is 1. The van der Waals surface area contributed by atoms with Gasteiger partial charge in [-0.3, -0.25) is 4.79 Å². The molecule has 1 aliphatic heterocycles. The Hall–Kier alpha value is -2.42. The number of pyridine rings is 1. The average molecular weight is 359 g/mol. The van der Waals surface area contributed by atoms with E-state index in [-0.39, 0.29) is 17.7 Å². The van der Waals surface area contributed by atoms with Crippen LogP contribution in [0.2, 0.25) is 0 Å². The van der Waals surface area contributed by atoms with E-state index in [1.807, 2.05) is 0 Å². The number of nitrogens with two attached hydrogens (primary N) is 1. The number of nitrogen functional groups attached to an aromatic ring is 1. The molecular weight excluding hydrogens is 338 g/mol. The molecule has 0 aliphatic carbocycles. The fourth-order valence-corrected chi connectivity index (χ4v) is 3.47. The minimum Gasteiger partial charge on any atom is -0.466 e. The summed E-state index contributed by atoms with van der Waals surface area (Å²) in [5, 5.41) is 9.45. The van der Waals surface area contributed by atoms with Crippen LogP contribution in [0.3, 0.4) is 0 Å². The lowest BCUT2D eigenvalue weighted by Crippen LogP contribution is -2.34. The second kappa shape index (κ2) is 8.61. The molecule has 0 bridgehead atoms. The number of aromatic amines is 1. The number of ether oxygens (including phenoxy) is 1. The minimum atomic E-state index is -0.257. The number of hydrogen-bond acceptors (Lipinski definition) is 6. The second-order valence-electron chi connectivity index (χ2n) is 6.04. The van der Waals surface area contributed by atoms with Gasteiger partial charge in [0.25, 0.3) is 0 Å². The predicted molar refractivity (Wildman–Crippen MR) is 96.7 cm³/mol. The predicted octanol–water partition coefficient (Wildman–Crippen LogP) is 2.88. The molecule has 0 spiro atoms. The maximum atomic E-state index is 10.8. The monoisotopic (exact) mass is 359 g/mol. The Morgan fingerprint density at radius 3 is 2.80 bits per heavy atom. The maximum absolute atomic E-state index is 10.8. The van der Waals surface area contributed by atoms with Crippen LogP contribution in [-0.2, 0) is 9.53 Å². The first-order valence-corrected chi connectivity index (χ1v) is 8.57. The number of H-pyrrole nitrogens is 1. The number of carbonyl (C=O) groups excluding carboxylic acids is 1. The second-order valence-corrected chi connectivity index (χ2v) is 6.45. The smallest absolute Gasteiger partial charge is 0.302 e. The van der Waals surface area contributed by atoms with E-state index >= 15 is 0 Å². The van der Waals surface area contributed by atoms with E-state index in [4.69, 9.17) is 29.3 Å². The highest BCUT2D eigenvalue weighted by Crippen LogP contribution is 2.39. The van der Waals surface area contributed by atoms with Crippen LogP contribution >= 0.6 is 12.2 Å². The Balaban J connectivity index is 2.06. The van der Waals surface area contributed by atoms with Crippen molar-refractivity contribution < 1.29 is 9.53 Å². The normalized spacial score (nSPS) is 15.3. The number of nitrogens with zero attached hydrogens (tertiary/aromatic N) is 3. The molecule has 2 rings (SSSR count). The zero-order chi connectivity index (χ0) is 18.4. The zero-order valence-corrected chi connectivity index (χ0v) is 15.0. The molecule has 0 radical (unpaired) electrons. The van der Waals surface area contributed by atoms with Crippen LogP contribution < -0.4 is 5.73 Å². The van der Waals surface area contributed by atoms with Crippen LogP contribution in [0.15, 0.2) is 0 Å². The molecule has 132 valence electrons. The molecule has 0 amide bonds. The van der Waals surface area contributed by atoms with Crippen molar-refractivity contribution >= 4 is 29.7 Å². The van der Waals surface area contributed by atoms with E-state index in [0.29, 0.717) is 28.1 Å². The Morgan fingerprint density at radius 2 is 2.24 bits per heavy atom. The molecule has 1 aliphatic rings. The summed E-state index contributed by atoms with van der Waals surface area (Å²) in [5.41, 5.74) is 7.27. The lowest BCUT2D eigenvalue weighted by Gasteiger charge is -2.33. The highest BCUT2D eigenvalue weighted by atomic mass is 32.1. The van der Waals surface area contributed by atoms with Crippen LogP contribution in [0.1, 0.15) is 43.2 Å². The molecule has 2 heterocycles. The van der Waals surface area contributed by atoms with Gasteiger partial charge in [0.05, 0.1) is 18.7 Å². The van der Waals surface area contributed by atoms with Crippen molar-refractivity contribution in [3.8, 4) is 6.07 Å². The Labute approximate surface area is 152 Å². The number of hydrogen-bond donors (Lipinski definition) is 2. The van der Waals surface area contributed by atoms with Crippen molar-refractivity contribution in [3.63, 3.8) is 0 Å². The Morgan fingerprint density at radius 1 is 1.56 bits per heavy atom. The zero-order valence-electron chi connectivity index (χ0n) is 14.2. The lowest BCUT2D eigenvalue weighted by molar-refractivity contribution is -0.141. The van der Waals surface area contributed by atoms with Crippen molar-refractivity contribution in [2.45, 2.75) is 32.1 Å². The van der Waals surface area contributed by atoms with Gasteiger partial charge in [-0.15, -0.1) is 0 Å². The maximum Gasteiger partial charge on any atom is 0.302 e. The fraction of sp³-hybridized carbons (Fsp3) is 0.529. The summed E-state index contributed by atoms with van der Waals surface area (Å²) in [4.78, 5) is 19.3. The van der Waals surface area contributed by atoms with Crippen LogP contribution in [0.25, 0.3) is 4.85 Å². The number of nitriles is 1. The molecule has 0 unspecified atom stereocenters. The highest BCUT2D eigenvalue weighted by Gasteiger charge is 2.27. The average Bonchev–Trinajstić information content (AvgIpc) is 2.58. The SMILES string of the molecule is [C-]#[N+]c1c(N)[nH]c(=S)c(C#N)c1C1CCN(CCCOC(C)=O)CC1. The van der Waals surface area contributed by atoms with E-state index in [9.17, 15) is 10.1 Å². The standard InChI is InChI=1S/C17H21N5O2S/c1-11(23)24-9-3-6-22-7-4-12(5-8-22)14-13(10-18)17(25)21-16(19)15(14)20-2/h12H,3-9H2,1H3,(H3,19,21,25). The van der Waals surface area contributed by atoms with Crippen molar-refractivity contribution in [2.75, 3.05) is 32.0 Å². The van der Waals surface area contributed by atoms with Gasteiger partial charge >= 0.3 is 5.97 Å². The molecule has 0 saturated carbocycles. The Kier molecular flexibility index (Phi) is 6.51. The third-order valence-electron chi connectivity index (χ3n) is 4.40. The van der Waals surface area contributed by atoms with Crippen molar-refractivity contribution in [1.82, 2.24) is 9.88 Å². The van der Waals surface area contributed by atoms with Gasteiger partial charge in [0.15, 0.2) is 0 Å². The summed E-state index contributed by atoms with van der Waals surface area (Å²) in [6.45, 7) is 11.8. The van der Waals surface area contributed by atoms with E-state index in [1.165, 1.54) is 6.92 Å². The minimum absolute atomic E-state index is 0.0991. The summed E-state index contributed by atoms with van der Waals surface area (Å²) < 4.78 is 5.24. The molecule has 1 fully saturated rings. The number of anilines is 1. The van der Waals surface area contributed by atoms with Crippen molar-refractivity contribution in [2.24, 2.45) is 0 Å². The molecule has 8 heteroatoms. The fourth-order valence-electron chi connectivity index (χ4n) is 3.21.